The second-order valence-electron chi connectivity index (χ2n) is 9.65. The van der Waals surface area contributed by atoms with Gasteiger partial charge in [-0.1, -0.05) is 59.9 Å². The van der Waals surface area contributed by atoms with Crippen LogP contribution in [0.1, 0.15) is 38.3 Å². The molecule has 7 nitrogen and oxygen atoms in total. The number of amides is 2. The lowest BCUT2D eigenvalue weighted by Crippen LogP contribution is -2.53. The first kappa shape index (κ1) is 31.7. The van der Waals surface area contributed by atoms with Gasteiger partial charge in [-0.3, -0.25) is 13.9 Å². The number of benzene rings is 3. The molecule has 0 fully saturated rings. The number of rotatable bonds is 11. The van der Waals surface area contributed by atoms with Crippen LogP contribution in [-0.2, 0) is 26.2 Å². The Bertz CT molecular complexity index is 1460. The molecular formula is C29H32Cl3N3O4S. The average molecular weight is 625 g/mol. The van der Waals surface area contributed by atoms with Crippen LogP contribution in [0.2, 0.25) is 15.1 Å². The van der Waals surface area contributed by atoms with E-state index in [1.54, 1.807) is 43.3 Å². The minimum absolute atomic E-state index is 0.0249. The highest BCUT2D eigenvalue weighted by Gasteiger charge is 2.34. The molecule has 0 aliphatic rings. The number of sulfonamides is 1. The van der Waals surface area contributed by atoms with Crippen molar-refractivity contribution in [1.82, 2.24) is 10.2 Å². The van der Waals surface area contributed by atoms with Gasteiger partial charge in [0.1, 0.15) is 12.6 Å². The van der Waals surface area contributed by atoms with Gasteiger partial charge in [-0.15, -0.1) is 0 Å². The molecule has 0 spiro atoms. The van der Waals surface area contributed by atoms with E-state index in [1.807, 2.05) is 26.8 Å². The Labute approximate surface area is 251 Å². The molecule has 0 aliphatic carbocycles. The normalized spacial score (nSPS) is 12.2. The number of aryl methyl sites for hydroxylation is 1. The lowest BCUT2D eigenvalue weighted by Gasteiger charge is -2.33. The molecule has 1 unspecified atom stereocenters. The number of halogens is 3. The van der Waals surface area contributed by atoms with Crippen LogP contribution in [0.4, 0.5) is 5.69 Å². The second kappa shape index (κ2) is 13.7. The summed E-state index contributed by atoms with van der Waals surface area (Å²) in [7, 11) is -4.19. The number of hydrogen-bond acceptors (Lipinski definition) is 4. The van der Waals surface area contributed by atoms with Crippen molar-refractivity contribution in [2.75, 3.05) is 10.8 Å². The lowest BCUT2D eigenvalue weighted by molar-refractivity contribution is -0.140. The van der Waals surface area contributed by atoms with Crippen molar-refractivity contribution in [1.29, 1.82) is 0 Å². The molecule has 3 aromatic rings. The van der Waals surface area contributed by atoms with Crippen LogP contribution in [-0.4, -0.2) is 43.8 Å². The zero-order chi connectivity index (χ0) is 29.6. The third-order valence-electron chi connectivity index (χ3n) is 6.14. The largest absolute Gasteiger partial charge is 0.352 e. The molecular weight excluding hydrogens is 593 g/mol. The van der Waals surface area contributed by atoms with Crippen LogP contribution in [0, 0.1) is 6.92 Å². The van der Waals surface area contributed by atoms with Crippen LogP contribution >= 0.6 is 34.8 Å². The van der Waals surface area contributed by atoms with Crippen molar-refractivity contribution >= 4 is 62.3 Å². The molecule has 0 heterocycles. The van der Waals surface area contributed by atoms with E-state index in [2.05, 4.69) is 5.32 Å². The molecule has 11 heteroatoms. The van der Waals surface area contributed by atoms with Gasteiger partial charge >= 0.3 is 0 Å². The summed E-state index contributed by atoms with van der Waals surface area (Å²) < 4.78 is 28.8. The Morgan fingerprint density at radius 2 is 1.57 bits per heavy atom. The van der Waals surface area contributed by atoms with Crippen molar-refractivity contribution in [3.63, 3.8) is 0 Å². The summed E-state index contributed by atoms with van der Waals surface area (Å²) in [5.74, 6) is -0.922. The molecule has 0 aliphatic heterocycles. The van der Waals surface area contributed by atoms with Gasteiger partial charge < -0.3 is 10.2 Å². The summed E-state index contributed by atoms with van der Waals surface area (Å²) in [5, 5.41) is 4.00. The Kier molecular flexibility index (Phi) is 10.9. The molecule has 3 rings (SSSR count). The van der Waals surface area contributed by atoms with Crippen LogP contribution < -0.4 is 9.62 Å². The Morgan fingerprint density at radius 1 is 0.925 bits per heavy atom. The summed E-state index contributed by atoms with van der Waals surface area (Å²) in [6, 6.07) is 16.4. The third-order valence-corrected chi connectivity index (χ3v) is 8.77. The topological polar surface area (TPSA) is 86.8 Å². The predicted molar refractivity (Wildman–Crippen MR) is 162 cm³/mol. The van der Waals surface area contributed by atoms with Gasteiger partial charge in [0.15, 0.2) is 0 Å². The zero-order valence-electron chi connectivity index (χ0n) is 22.7. The Hall–Kier alpha value is -2.78. The quantitative estimate of drug-likeness (QED) is 0.265. The van der Waals surface area contributed by atoms with Crippen molar-refractivity contribution in [2.45, 2.75) is 57.6 Å². The zero-order valence-corrected chi connectivity index (χ0v) is 25.8. The number of carbonyl (C=O) groups is 2. The van der Waals surface area contributed by atoms with Gasteiger partial charge in [0.05, 0.1) is 10.6 Å². The highest BCUT2D eigenvalue weighted by atomic mass is 35.5. The highest BCUT2D eigenvalue weighted by Crippen LogP contribution is 2.28. The third kappa shape index (κ3) is 7.91. The van der Waals surface area contributed by atoms with Gasteiger partial charge in [0, 0.05) is 27.7 Å². The lowest BCUT2D eigenvalue weighted by atomic mass is 10.1. The second-order valence-corrected chi connectivity index (χ2v) is 12.8. The molecule has 0 radical (unpaired) electrons. The molecule has 0 saturated carbocycles. The number of nitrogens with one attached hydrogen (secondary N) is 1. The number of anilines is 1. The van der Waals surface area contributed by atoms with Crippen LogP contribution in [0.3, 0.4) is 0 Å². The highest BCUT2D eigenvalue weighted by molar-refractivity contribution is 7.92. The van der Waals surface area contributed by atoms with E-state index in [9.17, 15) is 18.0 Å². The standard InChI is InChI=1S/C29H32Cl3N3O4S/c1-5-27(29(37)33-19(2)3)34(17-21-9-10-23(31)16-26(21)32)28(36)18-35(24-8-6-7-20(4)15-24)40(38,39)25-13-11-22(30)12-14-25/h6-16,19,27H,5,17-18H2,1-4H3,(H,33,37). The Balaban J connectivity index is 2.09. The van der Waals surface area contributed by atoms with Crippen molar-refractivity contribution in [2.24, 2.45) is 0 Å². The average Bonchev–Trinajstić information content (AvgIpc) is 2.88. The Morgan fingerprint density at radius 3 is 2.15 bits per heavy atom. The summed E-state index contributed by atoms with van der Waals surface area (Å²) >= 11 is 18.5. The van der Waals surface area contributed by atoms with Crippen LogP contribution in [0.5, 0.6) is 0 Å². The molecule has 0 bridgehead atoms. The van der Waals surface area contributed by atoms with Crippen LogP contribution in [0.15, 0.2) is 71.6 Å². The van der Waals surface area contributed by atoms with Crippen molar-refractivity contribution in [3.05, 3.63) is 92.9 Å². The summed E-state index contributed by atoms with van der Waals surface area (Å²) in [6.07, 6.45) is 0.296. The SMILES string of the molecule is CCC(C(=O)NC(C)C)N(Cc1ccc(Cl)cc1Cl)C(=O)CN(c1cccc(C)c1)S(=O)(=O)c1ccc(Cl)cc1. The first-order valence-electron chi connectivity index (χ1n) is 12.7. The summed E-state index contributed by atoms with van der Waals surface area (Å²) in [6.45, 7) is 6.69. The van der Waals surface area contributed by atoms with Gasteiger partial charge in [-0.2, -0.15) is 0 Å². The van der Waals surface area contributed by atoms with Crippen molar-refractivity contribution < 1.29 is 18.0 Å². The molecule has 1 N–H and O–H groups in total. The van der Waals surface area contributed by atoms with E-state index < -0.39 is 28.5 Å². The van der Waals surface area contributed by atoms with E-state index in [4.69, 9.17) is 34.8 Å². The molecule has 0 saturated heterocycles. The minimum Gasteiger partial charge on any atom is -0.352 e. The summed E-state index contributed by atoms with van der Waals surface area (Å²) in [5.41, 5.74) is 1.69. The smallest absolute Gasteiger partial charge is 0.264 e. The molecule has 0 aromatic heterocycles. The fraction of sp³-hybridized carbons (Fsp3) is 0.310. The summed E-state index contributed by atoms with van der Waals surface area (Å²) in [4.78, 5) is 28.6. The molecule has 3 aromatic carbocycles. The molecule has 2 amide bonds. The van der Waals surface area contributed by atoms with Gasteiger partial charge in [0.25, 0.3) is 10.0 Å². The molecule has 1 atom stereocenters. The van der Waals surface area contributed by atoms with E-state index in [0.29, 0.717) is 32.7 Å². The van der Waals surface area contributed by atoms with Gasteiger partial charge in [0.2, 0.25) is 11.8 Å². The van der Waals surface area contributed by atoms with E-state index in [1.165, 1.54) is 29.2 Å². The van der Waals surface area contributed by atoms with Gasteiger partial charge in [-0.25, -0.2) is 8.42 Å². The fourth-order valence-electron chi connectivity index (χ4n) is 4.18. The first-order chi connectivity index (χ1) is 18.8. The number of nitrogens with zero attached hydrogens (tertiary/aromatic N) is 2. The maximum absolute atomic E-state index is 14.1. The minimum atomic E-state index is -4.19. The molecule has 214 valence electrons. The number of hydrogen-bond donors (Lipinski definition) is 1. The monoisotopic (exact) mass is 623 g/mol. The maximum Gasteiger partial charge on any atom is 0.264 e. The maximum atomic E-state index is 14.1. The van der Waals surface area contributed by atoms with E-state index in [-0.39, 0.29) is 23.4 Å². The van der Waals surface area contributed by atoms with E-state index >= 15 is 0 Å². The van der Waals surface area contributed by atoms with Crippen molar-refractivity contribution in [3.8, 4) is 0 Å². The van der Waals surface area contributed by atoms with Gasteiger partial charge in [-0.05, 0) is 86.8 Å². The fourth-order valence-corrected chi connectivity index (χ4v) is 6.18. The predicted octanol–water partition coefficient (Wildman–Crippen LogP) is 6.48. The molecule has 40 heavy (non-hydrogen) atoms. The van der Waals surface area contributed by atoms with E-state index in [0.717, 1.165) is 9.87 Å². The van der Waals surface area contributed by atoms with Crippen LogP contribution in [0.25, 0.3) is 0 Å². The first-order valence-corrected chi connectivity index (χ1v) is 15.3. The number of carbonyl (C=O) groups excluding carboxylic acids is 2.